The number of halogens is 1. The quantitative estimate of drug-likeness (QED) is 0.319. The first-order chi connectivity index (χ1) is 14.1. The average Bonchev–Trinajstić information content (AvgIpc) is 3.11. The van der Waals surface area contributed by atoms with E-state index in [9.17, 15) is 4.39 Å². The topological polar surface area (TPSA) is 12.9 Å². The van der Waals surface area contributed by atoms with Gasteiger partial charge < -0.3 is 0 Å². The lowest BCUT2D eigenvalue weighted by molar-refractivity contribution is 0.630. The minimum atomic E-state index is -1.12. The van der Waals surface area contributed by atoms with Crippen LogP contribution >= 0.6 is 11.3 Å². The molecule has 0 unspecified atom stereocenters. The molecule has 0 atom stereocenters. The first kappa shape index (κ1) is 14.1. The standard InChI is InChI=1S/C24H16FNS/c1-15-14-26-22(13-21(15)16-6-3-2-4-7-16)20-9-5-8-19-18-11-10-17(25)12-23(18)27-24(19)20/h2-14H,1H3/i1D2. The molecule has 0 saturated carbocycles. The molecule has 0 amide bonds. The Morgan fingerprint density at radius 2 is 1.78 bits per heavy atom. The van der Waals surface area contributed by atoms with Crippen molar-refractivity contribution in [2.45, 2.75) is 6.88 Å². The van der Waals surface area contributed by atoms with Crippen LogP contribution in [0.15, 0.2) is 79.0 Å². The number of fused-ring (bicyclic) bond motifs is 3. The van der Waals surface area contributed by atoms with Crippen molar-refractivity contribution in [2.24, 2.45) is 0 Å². The van der Waals surface area contributed by atoms with E-state index in [4.69, 9.17) is 2.74 Å². The molecule has 130 valence electrons. The molecule has 27 heavy (non-hydrogen) atoms. The number of rotatable bonds is 2. The van der Waals surface area contributed by atoms with Crippen LogP contribution < -0.4 is 0 Å². The minimum Gasteiger partial charge on any atom is -0.256 e. The lowest BCUT2D eigenvalue weighted by Crippen LogP contribution is -1.89. The Morgan fingerprint density at radius 3 is 2.63 bits per heavy atom. The third kappa shape index (κ3) is 2.71. The summed E-state index contributed by atoms with van der Waals surface area (Å²) in [6.07, 6.45) is 1.63. The highest BCUT2D eigenvalue weighted by atomic mass is 32.1. The van der Waals surface area contributed by atoms with E-state index >= 15 is 0 Å². The lowest BCUT2D eigenvalue weighted by Gasteiger charge is -2.09. The molecule has 5 aromatic rings. The van der Waals surface area contributed by atoms with Crippen molar-refractivity contribution in [3.63, 3.8) is 0 Å². The van der Waals surface area contributed by atoms with Crippen LogP contribution in [0.2, 0.25) is 0 Å². The second kappa shape index (κ2) is 6.29. The molecule has 0 N–H and O–H groups in total. The zero-order chi connectivity index (χ0) is 20.0. The third-order valence-electron chi connectivity index (χ3n) is 4.76. The van der Waals surface area contributed by atoms with Crippen LogP contribution in [0, 0.1) is 12.7 Å². The number of benzene rings is 3. The Labute approximate surface area is 163 Å². The average molecular weight is 371 g/mol. The van der Waals surface area contributed by atoms with Gasteiger partial charge in [0.05, 0.1) is 5.69 Å². The molecule has 0 spiro atoms. The summed E-state index contributed by atoms with van der Waals surface area (Å²) in [6.45, 7) is -1.12. The Morgan fingerprint density at radius 1 is 0.889 bits per heavy atom. The van der Waals surface area contributed by atoms with E-state index in [0.717, 1.165) is 42.6 Å². The smallest absolute Gasteiger partial charge is 0.124 e. The highest BCUT2D eigenvalue weighted by Gasteiger charge is 2.13. The molecule has 0 saturated heterocycles. The van der Waals surface area contributed by atoms with Gasteiger partial charge in [-0.3, -0.25) is 4.98 Å². The molecule has 0 radical (unpaired) electrons. The third-order valence-corrected chi connectivity index (χ3v) is 5.96. The van der Waals surface area contributed by atoms with Crippen LogP contribution in [0.1, 0.15) is 8.30 Å². The minimum absolute atomic E-state index is 0.239. The van der Waals surface area contributed by atoms with Gasteiger partial charge in [0.25, 0.3) is 0 Å². The first-order valence-electron chi connectivity index (χ1n) is 9.78. The van der Waals surface area contributed by atoms with Gasteiger partial charge in [-0.05, 0) is 41.8 Å². The van der Waals surface area contributed by atoms with Crippen LogP contribution in [0.25, 0.3) is 42.6 Å². The number of aromatic nitrogens is 1. The van der Waals surface area contributed by atoms with Gasteiger partial charge in [0.15, 0.2) is 0 Å². The van der Waals surface area contributed by atoms with Gasteiger partial charge in [-0.1, -0.05) is 54.6 Å². The van der Waals surface area contributed by atoms with Gasteiger partial charge >= 0.3 is 0 Å². The molecule has 0 bridgehead atoms. The predicted octanol–water partition coefficient (Wildman–Crippen LogP) is 7.23. The lowest BCUT2D eigenvalue weighted by atomic mass is 9.99. The maximum absolute atomic E-state index is 13.7. The van der Waals surface area contributed by atoms with E-state index in [-0.39, 0.29) is 5.82 Å². The number of nitrogens with zero attached hydrogens (tertiary/aromatic N) is 1. The number of thiophene rings is 1. The van der Waals surface area contributed by atoms with Crippen molar-refractivity contribution >= 4 is 31.5 Å². The van der Waals surface area contributed by atoms with Crippen LogP contribution in [0.4, 0.5) is 4.39 Å². The number of hydrogen-bond donors (Lipinski definition) is 0. The summed E-state index contributed by atoms with van der Waals surface area (Å²) in [6, 6.07) is 22.7. The monoisotopic (exact) mass is 371 g/mol. The molecule has 0 aliphatic carbocycles. The van der Waals surface area contributed by atoms with Gasteiger partial charge in [0, 0.05) is 34.7 Å². The fourth-order valence-electron chi connectivity index (χ4n) is 3.45. The zero-order valence-corrected chi connectivity index (χ0v) is 15.1. The summed E-state index contributed by atoms with van der Waals surface area (Å²) in [5.74, 6) is -0.239. The molecule has 1 nitrogen and oxygen atoms in total. The Balaban J connectivity index is 1.76. The Bertz CT molecular complexity index is 1350. The van der Waals surface area contributed by atoms with Crippen molar-refractivity contribution in [1.29, 1.82) is 0 Å². The van der Waals surface area contributed by atoms with Crippen LogP contribution in [0.5, 0.6) is 0 Å². The molecule has 0 aliphatic rings. The molecule has 3 aromatic carbocycles. The summed E-state index contributed by atoms with van der Waals surface area (Å²) in [5.41, 5.74) is 4.13. The maximum Gasteiger partial charge on any atom is 0.124 e. The van der Waals surface area contributed by atoms with Gasteiger partial charge in [0.2, 0.25) is 0 Å². The SMILES string of the molecule is [2H]C([2H])c1cnc(-c2cccc3c2sc2cc(F)ccc23)cc1-c1ccccc1. The molecule has 2 aromatic heterocycles. The molecule has 0 fully saturated rings. The zero-order valence-electron chi connectivity index (χ0n) is 16.3. The maximum atomic E-state index is 13.7. The molecule has 0 aliphatic heterocycles. The Kier molecular flexibility index (Phi) is 3.28. The number of pyridine rings is 1. The van der Waals surface area contributed by atoms with Crippen LogP contribution in [-0.4, -0.2) is 4.98 Å². The van der Waals surface area contributed by atoms with E-state index in [1.54, 1.807) is 23.6 Å². The predicted molar refractivity (Wildman–Crippen MR) is 113 cm³/mol. The summed E-state index contributed by atoms with van der Waals surface area (Å²) in [5, 5.41) is 2.11. The van der Waals surface area contributed by atoms with Crippen molar-refractivity contribution in [3.05, 3.63) is 90.4 Å². The highest BCUT2D eigenvalue weighted by molar-refractivity contribution is 7.26. The van der Waals surface area contributed by atoms with Gasteiger partial charge in [0.1, 0.15) is 5.82 Å². The largest absolute Gasteiger partial charge is 0.256 e. The van der Waals surface area contributed by atoms with Gasteiger partial charge in [-0.15, -0.1) is 11.3 Å². The van der Waals surface area contributed by atoms with E-state index in [0.29, 0.717) is 5.56 Å². The normalized spacial score (nSPS) is 12.5. The highest BCUT2D eigenvalue weighted by Crippen LogP contribution is 2.40. The summed E-state index contributed by atoms with van der Waals surface area (Å²) >= 11 is 1.56. The van der Waals surface area contributed by atoms with Crippen LogP contribution in [0.3, 0.4) is 0 Å². The van der Waals surface area contributed by atoms with E-state index in [2.05, 4.69) is 4.98 Å². The van der Waals surface area contributed by atoms with Crippen LogP contribution in [-0.2, 0) is 0 Å². The number of hydrogen-bond acceptors (Lipinski definition) is 2. The van der Waals surface area contributed by atoms with Crippen molar-refractivity contribution in [1.82, 2.24) is 4.98 Å². The van der Waals surface area contributed by atoms with E-state index < -0.39 is 6.88 Å². The molecular weight excluding hydrogens is 353 g/mol. The number of aryl methyl sites for hydroxylation is 1. The first-order valence-corrected chi connectivity index (χ1v) is 9.44. The molecular formula is C24H16FNS. The fraction of sp³-hybridized carbons (Fsp3) is 0.0417. The van der Waals surface area contributed by atoms with Gasteiger partial charge in [-0.2, -0.15) is 0 Å². The van der Waals surface area contributed by atoms with E-state index in [1.165, 1.54) is 6.07 Å². The van der Waals surface area contributed by atoms with Crippen molar-refractivity contribution in [2.75, 3.05) is 0 Å². The summed E-state index contributed by atoms with van der Waals surface area (Å²) < 4.78 is 31.5. The van der Waals surface area contributed by atoms with Crippen molar-refractivity contribution < 1.29 is 7.13 Å². The Hall–Kier alpha value is -3.04. The summed E-state index contributed by atoms with van der Waals surface area (Å²) in [4.78, 5) is 4.59. The molecule has 5 rings (SSSR count). The molecule has 2 heterocycles. The molecule has 3 heteroatoms. The van der Waals surface area contributed by atoms with E-state index in [1.807, 2.05) is 60.7 Å². The van der Waals surface area contributed by atoms with Crippen molar-refractivity contribution in [3.8, 4) is 22.4 Å². The second-order valence-electron chi connectivity index (χ2n) is 6.45. The van der Waals surface area contributed by atoms with Gasteiger partial charge in [-0.25, -0.2) is 4.39 Å². The summed E-state index contributed by atoms with van der Waals surface area (Å²) in [7, 11) is 0. The second-order valence-corrected chi connectivity index (χ2v) is 7.50. The fourth-order valence-corrected chi connectivity index (χ4v) is 4.70.